The van der Waals surface area contributed by atoms with Crippen molar-refractivity contribution in [3.63, 3.8) is 0 Å². The molecule has 0 saturated heterocycles. The van der Waals surface area contributed by atoms with E-state index in [1.807, 2.05) is 13.0 Å². The summed E-state index contributed by atoms with van der Waals surface area (Å²) in [6.07, 6.45) is 0. The van der Waals surface area contributed by atoms with Crippen LogP contribution in [0, 0.1) is 6.92 Å². The highest BCUT2D eigenvalue weighted by atomic mass is 32.2. The summed E-state index contributed by atoms with van der Waals surface area (Å²) in [5.74, 6) is 0.847. The van der Waals surface area contributed by atoms with Crippen molar-refractivity contribution in [1.29, 1.82) is 0 Å². The number of amides is 1. The molecule has 1 N–H and O–H groups in total. The number of hydrogen-bond donors (Lipinski definition) is 1. The van der Waals surface area contributed by atoms with E-state index in [1.165, 1.54) is 17.0 Å². The Morgan fingerprint density at radius 1 is 0.938 bits per heavy atom. The molecule has 0 heterocycles. The predicted octanol–water partition coefficient (Wildman–Crippen LogP) is 4.09. The minimum absolute atomic E-state index is 0.129. The lowest BCUT2D eigenvalue weighted by molar-refractivity contribution is 0.0786. The van der Waals surface area contributed by atoms with Crippen LogP contribution in [0.4, 0.5) is 5.69 Å². The van der Waals surface area contributed by atoms with Crippen molar-refractivity contribution in [2.45, 2.75) is 18.4 Å². The Balaban J connectivity index is 1.83. The molecule has 0 aliphatic heterocycles. The van der Waals surface area contributed by atoms with Crippen LogP contribution in [0.1, 0.15) is 21.5 Å². The first-order chi connectivity index (χ1) is 15.2. The monoisotopic (exact) mass is 454 g/mol. The fourth-order valence-corrected chi connectivity index (χ4v) is 4.29. The van der Waals surface area contributed by atoms with Gasteiger partial charge in [0.15, 0.2) is 11.5 Å². The summed E-state index contributed by atoms with van der Waals surface area (Å²) in [5.41, 5.74) is 2.27. The second kappa shape index (κ2) is 9.74. The van der Waals surface area contributed by atoms with E-state index in [0.29, 0.717) is 18.0 Å². The molecule has 0 radical (unpaired) electrons. The minimum atomic E-state index is -3.84. The molecule has 0 saturated carbocycles. The van der Waals surface area contributed by atoms with Crippen molar-refractivity contribution in [2.24, 2.45) is 0 Å². The number of para-hydroxylation sites is 1. The quantitative estimate of drug-likeness (QED) is 0.554. The molecule has 3 rings (SSSR count). The fraction of sp³-hybridized carbons (Fsp3) is 0.208. The number of methoxy groups -OCH3 is 2. The topological polar surface area (TPSA) is 84.9 Å². The first-order valence-electron chi connectivity index (χ1n) is 9.90. The molecule has 0 spiro atoms. The molecular weight excluding hydrogens is 428 g/mol. The third kappa shape index (κ3) is 5.20. The summed E-state index contributed by atoms with van der Waals surface area (Å²) in [6.45, 7) is 2.18. The molecule has 3 aromatic rings. The van der Waals surface area contributed by atoms with E-state index >= 15 is 0 Å². The van der Waals surface area contributed by atoms with Crippen LogP contribution in [0.25, 0.3) is 0 Å². The van der Waals surface area contributed by atoms with Crippen LogP contribution in [0.15, 0.2) is 71.6 Å². The van der Waals surface area contributed by atoms with Crippen LogP contribution < -0.4 is 14.2 Å². The van der Waals surface area contributed by atoms with Crippen molar-refractivity contribution < 1.29 is 22.7 Å². The van der Waals surface area contributed by atoms with Crippen LogP contribution in [0.3, 0.4) is 0 Å². The van der Waals surface area contributed by atoms with Crippen LogP contribution in [0.2, 0.25) is 0 Å². The normalized spacial score (nSPS) is 11.0. The number of ether oxygens (including phenoxy) is 2. The largest absolute Gasteiger partial charge is 0.493 e. The summed E-state index contributed by atoms with van der Waals surface area (Å²) >= 11 is 0. The smallest absolute Gasteiger partial charge is 0.261 e. The average molecular weight is 455 g/mol. The molecule has 8 heteroatoms. The zero-order chi connectivity index (χ0) is 23.3. The zero-order valence-electron chi connectivity index (χ0n) is 18.5. The van der Waals surface area contributed by atoms with Crippen molar-refractivity contribution >= 4 is 21.6 Å². The number of carbonyl (C=O) groups excluding carboxylic acids is 1. The Labute approximate surface area is 188 Å². The second-order valence-electron chi connectivity index (χ2n) is 7.31. The molecule has 0 aliphatic rings. The van der Waals surface area contributed by atoms with E-state index in [-0.39, 0.29) is 22.1 Å². The van der Waals surface area contributed by atoms with Gasteiger partial charge in [-0.1, -0.05) is 35.9 Å². The highest BCUT2D eigenvalue weighted by Gasteiger charge is 2.21. The molecule has 0 bridgehead atoms. The Morgan fingerprint density at radius 3 is 2.25 bits per heavy atom. The molecule has 32 heavy (non-hydrogen) atoms. The van der Waals surface area contributed by atoms with Gasteiger partial charge in [-0.05, 0) is 48.9 Å². The predicted molar refractivity (Wildman–Crippen MR) is 124 cm³/mol. The van der Waals surface area contributed by atoms with E-state index in [1.54, 1.807) is 69.8 Å². The molecule has 0 aliphatic carbocycles. The van der Waals surface area contributed by atoms with Gasteiger partial charge in [-0.15, -0.1) is 0 Å². The number of nitrogens with one attached hydrogen (secondary N) is 1. The molecule has 7 nitrogen and oxygen atoms in total. The molecule has 0 atom stereocenters. The minimum Gasteiger partial charge on any atom is -0.493 e. The summed E-state index contributed by atoms with van der Waals surface area (Å²) in [7, 11) is 0.924. The van der Waals surface area contributed by atoms with Crippen LogP contribution in [-0.4, -0.2) is 40.5 Å². The molecule has 168 valence electrons. The van der Waals surface area contributed by atoms with Gasteiger partial charge in [-0.2, -0.15) is 0 Å². The highest BCUT2D eigenvalue weighted by Crippen LogP contribution is 2.28. The molecular formula is C24H26N2O5S. The van der Waals surface area contributed by atoms with E-state index < -0.39 is 10.0 Å². The summed E-state index contributed by atoms with van der Waals surface area (Å²) in [4.78, 5) is 14.8. The van der Waals surface area contributed by atoms with Crippen LogP contribution >= 0.6 is 0 Å². The maximum atomic E-state index is 13.1. The van der Waals surface area contributed by atoms with Crippen LogP contribution in [0.5, 0.6) is 11.5 Å². The lowest BCUT2D eigenvalue weighted by atomic mass is 10.1. The number of sulfonamides is 1. The van der Waals surface area contributed by atoms with Crippen molar-refractivity contribution in [2.75, 3.05) is 26.0 Å². The Hall–Kier alpha value is -3.52. The number of nitrogens with zero attached hydrogens (tertiary/aromatic N) is 1. The number of anilines is 1. The summed E-state index contributed by atoms with van der Waals surface area (Å²) in [5, 5.41) is 0. The standard InChI is InChI=1S/C24H26N2O5S/c1-17-9-12-19(13-10-17)32(28,29)25-21-8-6-5-7-20(21)24(27)26(2)16-18-11-14-22(30-3)23(15-18)31-4/h5-15,25H,16H2,1-4H3. The Bertz CT molecular complexity index is 1210. The summed E-state index contributed by atoms with van der Waals surface area (Å²) in [6, 6.07) is 18.5. The van der Waals surface area contributed by atoms with Gasteiger partial charge in [0, 0.05) is 13.6 Å². The van der Waals surface area contributed by atoms with E-state index in [9.17, 15) is 13.2 Å². The SMILES string of the molecule is COc1ccc(CN(C)C(=O)c2ccccc2NS(=O)(=O)c2ccc(C)cc2)cc1OC. The Morgan fingerprint density at radius 2 is 1.59 bits per heavy atom. The summed E-state index contributed by atoms with van der Waals surface area (Å²) < 4.78 is 38.7. The molecule has 0 unspecified atom stereocenters. The number of benzene rings is 3. The van der Waals surface area contributed by atoms with Gasteiger partial charge in [0.05, 0.1) is 30.4 Å². The highest BCUT2D eigenvalue weighted by molar-refractivity contribution is 7.92. The molecule has 0 fully saturated rings. The van der Waals surface area contributed by atoms with E-state index in [4.69, 9.17) is 9.47 Å². The first kappa shape index (κ1) is 23.1. The van der Waals surface area contributed by atoms with Gasteiger partial charge in [0.25, 0.3) is 15.9 Å². The van der Waals surface area contributed by atoms with Gasteiger partial charge >= 0.3 is 0 Å². The van der Waals surface area contributed by atoms with E-state index in [0.717, 1.165) is 11.1 Å². The zero-order valence-corrected chi connectivity index (χ0v) is 19.3. The van der Waals surface area contributed by atoms with Gasteiger partial charge in [0.1, 0.15) is 0 Å². The number of rotatable bonds is 8. The fourth-order valence-electron chi connectivity index (χ4n) is 3.21. The van der Waals surface area contributed by atoms with Gasteiger partial charge in [0.2, 0.25) is 0 Å². The number of carbonyl (C=O) groups is 1. The third-order valence-electron chi connectivity index (χ3n) is 4.95. The van der Waals surface area contributed by atoms with Gasteiger partial charge in [-0.3, -0.25) is 9.52 Å². The van der Waals surface area contributed by atoms with Gasteiger partial charge < -0.3 is 14.4 Å². The molecule has 0 aromatic heterocycles. The molecule has 1 amide bonds. The molecule has 3 aromatic carbocycles. The maximum absolute atomic E-state index is 13.1. The van der Waals surface area contributed by atoms with E-state index in [2.05, 4.69) is 4.72 Å². The number of aryl methyl sites for hydroxylation is 1. The number of hydrogen-bond acceptors (Lipinski definition) is 5. The van der Waals surface area contributed by atoms with Crippen molar-refractivity contribution in [3.8, 4) is 11.5 Å². The van der Waals surface area contributed by atoms with Crippen molar-refractivity contribution in [3.05, 3.63) is 83.4 Å². The maximum Gasteiger partial charge on any atom is 0.261 e. The third-order valence-corrected chi connectivity index (χ3v) is 6.33. The van der Waals surface area contributed by atoms with Crippen molar-refractivity contribution in [1.82, 2.24) is 4.90 Å². The van der Waals surface area contributed by atoms with Crippen LogP contribution in [-0.2, 0) is 16.6 Å². The first-order valence-corrected chi connectivity index (χ1v) is 11.4. The van der Waals surface area contributed by atoms with Gasteiger partial charge in [-0.25, -0.2) is 8.42 Å². The lowest BCUT2D eigenvalue weighted by Gasteiger charge is -2.20. The second-order valence-corrected chi connectivity index (χ2v) is 9.00. The Kier molecular flexibility index (Phi) is 7.05. The average Bonchev–Trinajstić information content (AvgIpc) is 2.78. The lowest BCUT2D eigenvalue weighted by Crippen LogP contribution is -2.27.